The molecule has 1 aliphatic rings. The molecule has 0 aromatic carbocycles. The minimum atomic E-state index is 0.256. The van der Waals surface area contributed by atoms with E-state index in [4.69, 9.17) is 4.74 Å². The van der Waals surface area contributed by atoms with Crippen molar-refractivity contribution in [2.75, 3.05) is 30.0 Å². The first-order valence-corrected chi connectivity index (χ1v) is 9.32. The molecule has 1 fully saturated rings. The quantitative estimate of drug-likeness (QED) is 0.759. The van der Waals surface area contributed by atoms with Gasteiger partial charge in [0.2, 0.25) is 5.95 Å². The first-order chi connectivity index (χ1) is 13.0. The van der Waals surface area contributed by atoms with Crippen LogP contribution in [0, 0.1) is 6.92 Å². The molecule has 27 heavy (non-hydrogen) atoms. The Balaban J connectivity index is 1.62. The van der Waals surface area contributed by atoms with Crippen LogP contribution in [0.1, 0.15) is 32.6 Å². The summed E-state index contributed by atoms with van der Waals surface area (Å²) in [6, 6.07) is 4.46. The maximum Gasteiger partial charge on any atom is 0.227 e. The Morgan fingerprint density at radius 1 is 1.22 bits per heavy atom. The fourth-order valence-electron chi connectivity index (χ4n) is 3.55. The summed E-state index contributed by atoms with van der Waals surface area (Å²) in [6.07, 6.45) is 3.57. The Morgan fingerprint density at radius 2 is 2.07 bits per heavy atom. The number of nitrogens with zero attached hydrogens (tertiary/aromatic N) is 6. The zero-order chi connectivity index (χ0) is 19.0. The normalized spacial score (nSPS) is 17.7. The van der Waals surface area contributed by atoms with E-state index in [9.17, 15) is 0 Å². The topological polar surface area (TPSA) is 81.0 Å². The SMILES string of the molecule is Cc1nc2cnc(Nc3ccnc(N4CCOC[C@@H]4C)n3)cc2n1C(C)C. The molecule has 1 N–H and O–H groups in total. The van der Waals surface area contributed by atoms with Gasteiger partial charge in [0.15, 0.2) is 0 Å². The lowest BCUT2D eigenvalue weighted by Gasteiger charge is -2.33. The Morgan fingerprint density at radius 3 is 2.85 bits per heavy atom. The van der Waals surface area contributed by atoms with Gasteiger partial charge in [-0.3, -0.25) is 0 Å². The molecule has 0 spiro atoms. The zero-order valence-electron chi connectivity index (χ0n) is 16.2. The van der Waals surface area contributed by atoms with Crippen LogP contribution >= 0.6 is 0 Å². The third-order valence-corrected chi connectivity index (χ3v) is 4.79. The summed E-state index contributed by atoms with van der Waals surface area (Å²) in [5, 5.41) is 3.30. The number of hydrogen-bond acceptors (Lipinski definition) is 7. The monoisotopic (exact) mass is 367 g/mol. The van der Waals surface area contributed by atoms with E-state index in [-0.39, 0.29) is 6.04 Å². The van der Waals surface area contributed by atoms with Crippen molar-refractivity contribution >= 4 is 28.6 Å². The van der Waals surface area contributed by atoms with Crippen molar-refractivity contribution < 1.29 is 4.74 Å². The van der Waals surface area contributed by atoms with Crippen LogP contribution in [0.25, 0.3) is 11.0 Å². The summed E-state index contributed by atoms with van der Waals surface area (Å²) in [5.74, 6) is 3.16. The van der Waals surface area contributed by atoms with Crippen LogP contribution in [0.2, 0.25) is 0 Å². The van der Waals surface area contributed by atoms with Gasteiger partial charge in [-0.15, -0.1) is 0 Å². The van der Waals surface area contributed by atoms with E-state index >= 15 is 0 Å². The van der Waals surface area contributed by atoms with Crippen LogP contribution in [0.3, 0.4) is 0 Å². The molecule has 8 heteroatoms. The van der Waals surface area contributed by atoms with Crippen LogP contribution in [0.15, 0.2) is 24.5 Å². The highest BCUT2D eigenvalue weighted by molar-refractivity contribution is 5.79. The second-order valence-corrected chi connectivity index (χ2v) is 7.17. The number of imidazole rings is 1. The molecule has 1 aliphatic heterocycles. The Hall–Kier alpha value is -2.74. The van der Waals surface area contributed by atoms with E-state index in [1.165, 1.54) is 0 Å². The fraction of sp³-hybridized carbons (Fsp3) is 0.474. The van der Waals surface area contributed by atoms with Crippen molar-refractivity contribution in [2.45, 2.75) is 39.8 Å². The van der Waals surface area contributed by atoms with Crippen molar-refractivity contribution in [3.8, 4) is 0 Å². The van der Waals surface area contributed by atoms with E-state index < -0.39 is 0 Å². The first-order valence-electron chi connectivity index (χ1n) is 9.32. The van der Waals surface area contributed by atoms with E-state index in [0.717, 1.165) is 35.0 Å². The molecule has 0 bridgehead atoms. The maximum absolute atomic E-state index is 5.50. The number of aryl methyl sites for hydroxylation is 1. The molecule has 0 saturated carbocycles. The van der Waals surface area contributed by atoms with Crippen LogP contribution < -0.4 is 10.2 Å². The van der Waals surface area contributed by atoms with Crippen molar-refractivity contribution in [1.29, 1.82) is 0 Å². The summed E-state index contributed by atoms with van der Waals surface area (Å²) in [7, 11) is 0. The third kappa shape index (κ3) is 3.44. The van der Waals surface area contributed by atoms with Gasteiger partial charge < -0.3 is 19.5 Å². The predicted molar refractivity (Wildman–Crippen MR) is 106 cm³/mol. The summed E-state index contributed by atoms with van der Waals surface area (Å²) >= 11 is 0. The molecule has 1 atom stereocenters. The van der Waals surface area contributed by atoms with Gasteiger partial charge in [0.25, 0.3) is 0 Å². The molecular weight excluding hydrogens is 342 g/mol. The Bertz CT molecular complexity index is 952. The zero-order valence-corrected chi connectivity index (χ0v) is 16.2. The van der Waals surface area contributed by atoms with Crippen molar-refractivity contribution in [1.82, 2.24) is 24.5 Å². The number of fused-ring (bicyclic) bond motifs is 1. The van der Waals surface area contributed by atoms with Crippen LogP contribution in [0.4, 0.5) is 17.6 Å². The minimum absolute atomic E-state index is 0.256. The van der Waals surface area contributed by atoms with Gasteiger partial charge in [-0.25, -0.2) is 15.0 Å². The average molecular weight is 367 g/mol. The Kier molecular flexibility index (Phi) is 4.65. The molecule has 8 nitrogen and oxygen atoms in total. The van der Waals surface area contributed by atoms with Crippen LogP contribution in [-0.4, -0.2) is 50.3 Å². The van der Waals surface area contributed by atoms with Gasteiger partial charge in [-0.05, 0) is 33.8 Å². The highest BCUT2D eigenvalue weighted by Crippen LogP contribution is 2.24. The number of morpholine rings is 1. The number of ether oxygens (including phenoxy) is 1. The number of rotatable bonds is 4. The van der Waals surface area contributed by atoms with Crippen LogP contribution in [0.5, 0.6) is 0 Å². The first kappa shape index (κ1) is 17.7. The molecule has 3 aromatic rings. The molecule has 0 amide bonds. The smallest absolute Gasteiger partial charge is 0.227 e. The van der Waals surface area contributed by atoms with Gasteiger partial charge in [-0.1, -0.05) is 0 Å². The number of pyridine rings is 1. The van der Waals surface area contributed by atoms with Gasteiger partial charge in [0.1, 0.15) is 23.0 Å². The lowest BCUT2D eigenvalue weighted by Crippen LogP contribution is -2.44. The Labute approximate surface area is 158 Å². The van der Waals surface area contributed by atoms with E-state index in [0.29, 0.717) is 25.2 Å². The molecule has 4 heterocycles. The van der Waals surface area contributed by atoms with E-state index in [2.05, 4.69) is 55.5 Å². The highest BCUT2D eigenvalue weighted by Gasteiger charge is 2.21. The molecule has 0 aliphatic carbocycles. The van der Waals surface area contributed by atoms with E-state index in [1.54, 1.807) is 12.4 Å². The largest absolute Gasteiger partial charge is 0.377 e. The summed E-state index contributed by atoms with van der Waals surface area (Å²) in [4.78, 5) is 20.4. The van der Waals surface area contributed by atoms with Gasteiger partial charge in [0, 0.05) is 24.8 Å². The second-order valence-electron chi connectivity index (χ2n) is 7.17. The summed E-state index contributed by atoms with van der Waals surface area (Å²) in [5.41, 5.74) is 1.97. The van der Waals surface area contributed by atoms with Crippen molar-refractivity contribution in [3.05, 3.63) is 30.4 Å². The molecular formula is C19H25N7O. The van der Waals surface area contributed by atoms with Crippen molar-refractivity contribution in [2.24, 2.45) is 0 Å². The lowest BCUT2D eigenvalue weighted by molar-refractivity contribution is 0.0981. The van der Waals surface area contributed by atoms with E-state index in [1.807, 2.05) is 19.1 Å². The highest BCUT2D eigenvalue weighted by atomic mass is 16.5. The molecule has 0 unspecified atom stereocenters. The maximum atomic E-state index is 5.50. The number of hydrogen-bond donors (Lipinski definition) is 1. The molecule has 4 rings (SSSR count). The minimum Gasteiger partial charge on any atom is -0.377 e. The summed E-state index contributed by atoms with van der Waals surface area (Å²) < 4.78 is 7.71. The lowest BCUT2D eigenvalue weighted by atomic mass is 10.3. The second kappa shape index (κ2) is 7.11. The molecule has 3 aromatic heterocycles. The predicted octanol–water partition coefficient (Wildman–Crippen LogP) is 3.08. The van der Waals surface area contributed by atoms with Gasteiger partial charge >= 0.3 is 0 Å². The van der Waals surface area contributed by atoms with Gasteiger partial charge in [-0.2, -0.15) is 4.98 Å². The standard InChI is InChI=1S/C19H25N7O/c1-12(2)26-14(4)22-15-10-21-18(9-16(15)26)23-17-5-6-20-19(24-17)25-7-8-27-11-13(25)3/h5-6,9-10,12-13H,7-8,11H2,1-4H3,(H,20,21,23,24)/t13-/m0/s1. The number of anilines is 3. The molecule has 1 saturated heterocycles. The number of nitrogens with one attached hydrogen (secondary N) is 1. The molecule has 142 valence electrons. The average Bonchev–Trinajstić information content (AvgIpc) is 2.97. The number of aromatic nitrogens is 5. The van der Waals surface area contributed by atoms with Crippen LogP contribution in [-0.2, 0) is 4.74 Å². The third-order valence-electron chi connectivity index (χ3n) is 4.79. The van der Waals surface area contributed by atoms with Crippen molar-refractivity contribution in [3.63, 3.8) is 0 Å². The van der Waals surface area contributed by atoms with Gasteiger partial charge in [0.05, 0.1) is 31.0 Å². The molecule has 0 radical (unpaired) electrons. The summed E-state index contributed by atoms with van der Waals surface area (Å²) in [6.45, 7) is 10.6. The fourth-order valence-corrected chi connectivity index (χ4v) is 3.55.